The van der Waals surface area contributed by atoms with Crippen molar-refractivity contribution in [2.45, 2.75) is 37.4 Å². The summed E-state index contributed by atoms with van der Waals surface area (Å²) in [5.41, 5.74) is 2.45. The van der Waals surface area contributed by atoms with Gasteiger partial charge in [0.2, 0.25) is 0 Å². The van der Waals surface area contributed by atoms with Crippen LogP contribution in [-0.2, 0) is 6.18 Å². The summed E-state index contributed by atoms with van der Waals surface area (Å²) in [6.45, 7) is 1.74. The zero-order valence-corrected chi connectivity index (χ0v) is 13.8. The lowest BCUT2D eigenvalue weighted by Crippen LogP contribution is -2.33. The van der Waals surface area contributed by atoms with Crippen LogP contribution >= 0.6 is 0 Å². The summed E-state index contributed by atoms with van der Waals surface area (Å²) in [6, 6.07) is 7.75. The Morgan fingerprint density at radius 1 is 1.04 bits per heavy atom. The Morgan fingerprint density at radius 3 is 2.40 bits per heavy atom. The number of hydrogen-bond donors (Lipinski definition) is 1. The molecule has 1 saturated heterocycles. The number of rotatable bonds is 4. The number of halogens is 3. The van der Waals surface area contributed by atoms with E-state index in [2.05, 4.69) is 15.2 Å². The summed E-state index contributed by atoms with van der Waals surface area (Å²) in [4.78, 5) is 6.46. The van der Waals surface area contributed by atoms with E-state index in [9.17, 15) is 13.2 Å². The summed E-state index contributed by atoms with van der Waals surface area (Å²) in [6.07, 6.45) is 2.63. The quantitative estimate of drug-likeness (QED) is 0.884. The summed E-state index contributed by atoms with van der Waals surface area (Å²) >= 11 is 0. The van der Waals surface area contributed by atoms with E-state index in [0.717, 1.165) is 43.0 Å². The van der Waals surface area contributed by atoms with Gasteiger partial charge >= 0.3 is 6.18 Å². The summed E-state index contributed by atoms with van der Waals surface area (Å²) in [5, 5.41) is 3.35. The van der Waals surface area contributed by atoms with E-state index in [-0.39, 0.29) is 6.04 Å². The number of nitrogens with one attached hydrogen (secondary N) is 1. The lowest BCUT2D eigenvalue weighted by molar-refractivity contribution is -0.137. The molecule has 0 spiro atoms. The minimum atomic E-state index is -4.31. The Labute approximate surface area is 144 Å². The van der Waals surface area contributed by atoms with Crippen LogP contribution in [0, 0.1) is 0 Å². The van der Waals surface area contributed by atoms with Gasteiger partial charge < -0.3 is 10.2 Å². The molecule has 1 saturated carbocycles. The van der Waals surface area contributed by atoms with Gasteiger partial charge in [-0.15, -0.1) is 0 Å². The van der Waals surface area contributed by atoms with Gasteiger partial charge in [0.25, 0.3) is 0 Å². The standard InChI is InChI=1S/C19H20F3N3/c20-19(21,22)14-3-5-15(6-4-14)25(16-7-9-23-11-16)18-12-24-10-8-17(18)13-1-2-13/h3-6,8,10,12-13,16,23H,1-2,7,9,11H2/t16-/m0/s1. The molecule has 0 bridgehead atoms. The zero-order chi connectivity index (χ0) is 17.4. The van der Waals surface area contributed by atoms with Gasteiger partial charge in [-0.05, 0) is 67.6 Å². The second-order valence-electron chi connectivity index (χ2n) is 6.77. The average molecular weight is 347 g/mol. The summed E-state index contributed by atoms with van der Waals surface area (Å²) in [7, 11) is 0. The molecule has 0 amide bonds. The number of alkyl halides is 3. The highest BCUT2D eigenvalue weighted by atomic mass is 19.4. The van der Waals surface area contributed by atoms with Gasteiger partial charge in [0.05, 0.1) is 17.4 Å². The summed E-state index contributed by atoms with van der Waals surface area (Å²) < 4.78 is 38.7. The highest BCUT2D eigenvalue weighted by molar-refractivity contribution is 5.68. The van der Waals surface area contributed by atoms with Crippen molar-refractivity contribution in [3.63, 3.8) is 0 Å². The fraction of sp³-hybridized carbons (Fsp3) is 0.421. The third kappa shape index (κ3) is 3.35. The van der Waals surface area contributed by atoms with Crippen LogP contribution in [0.15, 0.2) is 42.7 Å². The molecule has 1 aliphatic carbocycles. The van der Waals surface area contributed by atoms with Crippen LogP contribution in [0.3, 0.4) is 0 Å². The fourth-order valence-corrected chi connectivity index (χ4v) is 3.56. The van der Waals surface area contributed by atoms with Crippen molar-refractivity contribution in [1.82, 2.24) is 10.3 Å². The normalized spacial score (nSPS) is 20.7. The zero-order valence-electron chi connectivity index (χ0n) is 13.8. The van der Waals surface area contributed by atoms with E-state index in [0.29, 0.717) is 5.92 Å². The Balaban J connectivity index is 1.74. The molecular formula is C19H20F3N3. The first-order valence-electron chi connectivity index (χ1n) is 8.65. The van der Waals surface area contributed by atoms with Gasteiger partial charge in [0.15, 0.2) is 0 Å². The number of hydrogen-bond acceptors (Lipinski definition) is 3. The predicted molar refractivity (Wildman–Crippen MR) is 91.1 cm³/mol. The van der Waals surface area contributed by atoms with E-state index in [1.165, 1.54) is 18.4 Å². The second kappa shape index (κ2) is 6.33. The molecule has 1 aromatic heterocycles. The highest BCUT2D eigenvalue weighted by Crippen LogP contribution is 2.46. The van der Waals surface area contributed by atoms with E-state index in [4.69, 9.17) is 0 Å². The van der Waals surface area contributed by atoms with Crippen molar-refractivity contribution in [3.8, 4) is 0 Å². The number of benzene rings is 1. The molecular weight excluding hydrogens is 327 g/mol. The molecule has 1 aromatic carbocycles. The molecule has 25 heavy (non-hydrogen) atoms. The van der Waals surface area contributed by atoms with Crippen molar-refractivity contribution in [3.05, 3.63) is 53.9 Å². The van der Waals surface area contributed by atoms with Crippen molar-refractivity contribution in [1.29, 1.82) is 0 Å². The Hall–Kier alpha value is -2.08. The van der Waals surface area contributed by atoms with Crippen LogP contribution in [0.25, 0.3) is 0 Å². The van der Waals surface area contributed by atoms with Gasteiger partial charge in [-0.2, -0.15) is 13.2 Å². The van der Waals surface area contributed by atoms with E-state index in [1.54, 1.807) is 18.3 Å². The first-order valence-corrected chi connectivity index (χ1v) is 8.65. The minimum Gasteiger partial charge on any atom is -0.336 e. The maximum atomic E-state index is 12.9. The lowest BCUT2D eigenvalue weighted by Gasteiger charge is -2.32. The summed E-state index contributed by atoms with van der Waals surface area (Å²) in [5.74, 6) is 0.546. The SMILES string of the molecule is FC(F)(F)c1ccc(N(c2cnccc2C2CC2)[C@H]2CCNC2)cc1. The largest absolute Gasteiger partial charge is 0.416 e. The minimum absolute atomic E-state index is 0.221. The van der Waals surface area contributed by atoms with Gasteiger partial charge in [-0.1, -0.05) is 0 Å². The van der Waals surface area contributed by atoms with Crippen molar-refractivity contribution in [2.75, 3.05) is 18.0 Å². The molecule has 4 rings (SSSR count). The van der Waals surface area contributed by atoms with Crippen molar-refractivity contribution >= 4 is 11.4 Å². The van der Waals surface area contributed by atoms with Gasteiger partial charge in [-0.25, -0.2) is 0 Å². The molecule has 132 valence electrons. The number of anilines is 2. The Morgan fingerprint density at radius 2 is 1.80 bits per heavy atom. The van der Waals surface area contributed by atoms with E-state index >= 15 is 0 Å². The van der Waals surface area contributed by atoms with Crippen LogP contribution in [-0.4, -0.2) is 24.1 Å². The first-order chi connectivity index (χ1) is 12.0. The molecule has 1 atom stereocenters. The molecule has 0 unspecified atom stereocenters. The molecule has 6 heteroatoms. The molecule has 1 N–H and O–H groups in total. The highest BCUT2D eigenvalue weighted by Gasteiger charge is 2.33. The van der Waals surface area contributed by atoms with Crippen molar-refractivity contribution in [2.24, 2.45) is 0 Å². The van der Waals surface area contributed by atoms with Gasteiger partial charge in [-0.3, -0.25) is 4.98 Å². The molecule has 2 fully saturated rings. The maximum Gasteiger partial charge on any atom is 0.416 e. The first kappa shape index (κ1) is 16.4. The van der Waals surface area contributed by atoms with Crippen LogP contribution < -0.4 is 10.2 Å². The third-order valence-corrected chi connectivity index (χ3v) is 4.98. The lowest BCUT2D eigenvalue weighted by atomic mass is 10.1. The molecule has 2 aromatic rings. The number of aromatic nitrogens is 1. The second-order valence-corrected chi connectivity index (χ2v) is 6.77. The number of nitrogens with zero attached hydrogens (tertiary/aromatic N) is 2. The Bertz CT molecular complexity index is 732. The molecule has 2 heterocycles. The third-order valence-electron chi connectivity index (χ3n) is 4.98. The van der Waals surface area contributed by atoms with E-state index in [1.807, 2.05) is 12.3 Å². The van der Waals surface area contributed by atoms with Crippen molar-refractivity contribution < 1.29 is 13.2 Å². The van der Waals surface area contributed by atoms with Crippen LogP contribution in [0.4, 0.5) is 24.5 Å². The number of pyridine rings is 1. The molecule has 1 aliphatic heterocycles. The van der Waals surface area contributed by atoms with Gasteiger partial charge in [0, 0.05) is 24.5 Å². The van der Waals surface area contributed by atoms with Crippen LogP contribution in [0.5, 0.6) is 0 Å². The van der Waals surface area contributed by atoms with Crippen LogP contribution in [0.2, 0.25) is 0 Å². The Kier molecular flexibility index (Phi) is 4.15. The monoisotopic (exact) mass is 347 g/mol. The van der Waals surface area contributed by atoms with E-state index < -0.39 is 11.7 Å². The molecule has 3 nitrogen and oxygen atoms in total. The maximum absolute atomic E-state index is 12.9. The molecule has 2 aliphatic rings. The van der Waals surface area contributed by atoms with Crippen LogP contribution in [0.1, 0.15) is 36.3 Å². The fourth-order valence-electron chi connectivity index (χ4n) is 3.56. The van der Waals surface area contributed by atoms with Gasteiger partial charge in [0.1, 0.15) is 0 Å². The predicted octanol–water partition coefficient (Wildman–Crippen LogP) is 4.48. The smallest absolute Gasteiger partial charge is 0.336 e. The average Bonchev–Trinajstić information content (AvgIpc) is 3.31. The topological polar surface area (TPSA) is 28.2 Å². The molecule has 0 radical (unpaired) electrons.